The highest BCUT2D eigenvalue weighted by molar-refractivity contribution is 7.07. The normalized spacial score (nSPS) is 21.7. The molecule has 0 radical (unpaired) electrons. The van der Waals surface area contributed by atoms with E-state index in [1.54, 1.807) is 11.3 Å². The van der Waals surface area contributed by atoms with E-state index in [0.717, 1.165) is 64.6 Å². The molecule has 8 heteroatoms. The summed E-state index contributed by atoms with van der Waals surface area (Å²) in [4.78, 5) is 23.8. The molecule has 2 atom stereocenters. The molecule has 2 aliphatic heterocycles. The van der Waals surface area contributed by atoms with Crippen LogP contribution in [0.5, 0.6) is 0 Å². The average molecular weight is 422 g/mol. The molecule has 2 aliphatic rings. The molecule has 3 heterocycles. The molecule has 3 rings (SSSR count). The Kier molecular flexibility index (Phi) is 8.32. The number of likely N-dealkylation sites (N-methyl/N-ethyl adjacent to an activating group) is 1. The van der Waals surface area contributed by atoms with Gasteiger partial charge in [-0.1, -0.05) is 13.8 Å². The largest absolute Gasteiger partial charge is 0.368 e. The van der Waals surface area contributed by atoms with E-state index in [1.807, 2.05) is 11.9 Å². The van der Waals surface area contributed by atoms with Gasteiger partial charge in [0.1, 0.15) is 6.10 Å². The van der Waals surface area contributed by atoms with E-state index in [1.165, 1.54) is 5.56 Å². The predicted molar refractivity (Wildman–Crippen MR) is 118 cm³/mol. The van der Waals surface area contributed by atoms with Crippen LogP contribution in [0.25, 0.3) is 0 Å². The molecule has 1 aromatic heterocycles. The number of piperazine rings is 1. The molecular weight excluding hydrogens is 386 g/mol. The van der Waals surface area contributed by atoms with Gasteiger partial charge in [-0.2, -0.15) is 11.3 Å². The molecule has 162 valence electrons. The minimum absolute atomic E-state index is 0.157. The Balaban J connectivity index is 1.54. The van der Waals surface area contributed by atoms with Crippen molar-refractivity contribution in [3.8, 4) is 0 Å². The molecule has 0 bridgehead atoms. The number of nitrogens with zero attached hydrogens (tertiary/aromatic N) is 4. The molecule has 2 saturated heterocycles. The van der Waals surface area contributed by atoms with Gasteiger partial charge in [0.2, 0.25) is 0 Å². The van der Waals surface area contributed by atoms with Crippen molar-refractivity contribution in [2.75, 3.05) is 59.5 Å². The van der Waals surface area contributed by atoms with Gasteiger partial charge < -0.3 is 19.9 Å². The summed E-state index contributed by atoms with van der Waals surface area (Å²) in [5.41, 5.74) is 1.36. The van der Waals surface area contributed by atoms with Gasteiger partial charge >= 0.3 is 0 Å². The third kappa shape index (κ3) is 5.49. The fraction of sp³-hybridized carbons (Fsp3) is 0.714. The van der Waals surface area contributed by atoms with Gasteiger partial charge in [0.05, 0.1) is 6.04 Å². The lowest BCUT2D eigenvalue weighted by atomic mass is 10.1. The standard InChI is InChI=1S/C21H35N5O2S/c1-4-24(5-2)18(17-8-14-29-16-17)15-23-21(22-3)26-11-9-25(10-12-26)20(27)19-7-6-13-28-19/h8,14,16,18-19H,4-7,9-13,15H2,1-3H3,(H,22,23). The summed E-state index contributed by atoms with van der Waals surface area (Å²) in [6.45, 7) is 11.0. The van der Waals surface area contributed by atoms with Crippen LogP contribution < -0.4 is 5.32 Å². The number of hydrogen-bond acceptors (Lipinski definition) is 5. The van der Waals surface area contributed by atoms with Crippen LogP contribution in [0.3, 0.4) is 0 Å². The molecular formula is C21H35N5O2S. The number of guanidine groups is 1. The molecule has 1 N–H and O–H groups in total. The first kappa shape index (κ1) is 22.1. The maximum Gasteiger partial charge on any atom is 0.251 e. The molecule has 0 spiro atoms. The van der Waals surface area contributed by atoms with Crippen LogP contribution >= 0.6 is 11.3 Å². The van der Waals surface area contributed by atoms with Crippen LogP contribution in [0.1, 0.15) is 38.3 Å². The van der Waals surface area contributed by atoms with Crippen molar-refractivity contribution in [3.05, 3.63) is 22.4 Å². The summed E-state index contributed by atoms with van der Waals surface area (Å²) in [6.07, 6.45) is 1.63. The molecule has 0 aliphatic carbocycles. The molecule has 0 aromatic carbocycles. The maximum absolute atomic E-state index is 12.6. The Morgan fingerprint density at radius 2 is 2.03 bits per heavy atom. The van der Waals surface area contributed by atoms with Crippen molar-refractivity contribution in [2.45, 2.75) is 38.8 Å². The van der Waals surface area contributed by atoms with Gasteiger partial charge in [-0.15, -0.1) is 0 Å². The number of nitrogens with one attached hydrogen (secondary N) is 1. The predicted octanol–water partition coefficient (Wildman–Crippen LogP) is 2.03. The van der Waals surface area contributed by atoms with Crippen molar-refractivity contribution in [1.82, 2.24) is 20.0 Å². The number of ether oxygens (including phenoxy) is 1. The second-order valence-electron chi connectivity index (χ2n) is 7.54. The first-order valence-corrected chi connectivity index (χ1v) is 11.7. The molecule has 7 nitrogen and oxygen atoms in total. The van der Waals surface area contributed by atoms with E-state index in [0.29, 0.717) is 12.6 Å². The lowest BCUT2D eigenvalue weighted by Gasteiger charge is -2.38. The van der Waals surface area contributed by atoms with Gasteiger partial charge in [-0.3, -0.25) is 14.7 Å². The van der Waals surface area contributed by atoms with Crippen molar-refractivity contribution in [1.29, 1.82) is 0 Å². The lowest BCUT2D eigenvalue weighted by molar-refractivity contribution is -0.142. The zero-order valence-electron chi connectivity index (χ0n) is 18.0. The zero-order chi connectivity index (χ0) is 20.6. The first-order valence-electron chi connectivity index (χ1n) is 10.8. The van der Waals surface area contributed by atoms with Gasteiger partial charge in [-0.25, -0.2) is 0 Å². The molecule has 2 fully saturated rings. The highest BCUT2D eigenvalue weighted by atomic mass is 32.1. The quantitative estimate of drug-likeness (QED) is 0.539. The monoisotopic (exact) mass is 421 g/mol. The Morgan fingerprint density at radius 3 is 2.59 bits per heavy atom. The average Bonchev–Trinajstić information content (AvgIpc) is 3.48. The smallest absolute Gasteiger partial charge is 0.251 e. The number of carbonyl (C=O) groups is 1. The summed E-state index contributed by atoms with van der Waals surface area (Å²) >= 11 is 1.74. The molecule has 2 unspecified atom stereocenters. The summed E-state index contributed by atoms with van der Waals surface area (Å²) in [6, 6.07) is 2.54. The van der Waals surface area contributed by atoms with Crippen molar-refractivity contribution in [3.63, 3.8) is 0 Å². The molecule has 0 saturated carbocycles. The highest BCUT2D eigenvalue weighted by Gasteiger charge is 2.31. The summed E-state index contributed by atoms with van der Waals surface area (Å²) in [5.74, 6) is 1.07. The Labute approximate surface area is 178 Å². The van der Waals surface area contributed by atoms with E-state index in [2.05, 4.69) is 50.8 Å². The van der Waals surface area contributed by atoms with Crippen LogP contribution in [-0.4, -0.2) is 92.1 Å². The molecule has 29 heavy (non-hydrogen) atoms. The SMILES string of the molecule is CCN(CC)C(CNC(=NC)N1CCN(C(=O)C2CCCO2)CC1)c1ccsc1. The molecule has 1 amide bonds. The van der Waals surface area contributed by atoms with Gasteiger partial charge in [0.25, 0.3) is 5.91 Å². The second-order valence-corrected chi connectivity index (χ2v) is 8.32. The number of carbonyl (C=O) groups excluding carboxylic acids is 1. The lowest BCUT2D eigenvalue weighted by Crippen LogP contribution is -2.56. The zero-order valence-corrected chi connectivity index (χ0v) is 18.8. The third-order valence-corrected chi connectivity index (χ3v) is 6.64. The van der Waals surface area contributed by atoms with E-state index in [9.17, 15) is 4.79 Å². The number of hydrogen-bond donors (Lipinski definition) is 1. The summed E-state index contributed by atoms with van der Waals surface area (Å²) < 4.78 is 5.56. The van der Waals surface area contributed by atoms with E-state index >= 15 is 0 Å². The van der Waals surface area contributed by atoms with Crippen LogP contribution in [-0.2, 0) is 9.53 Å². The van der Waals surface area contributed by atoms with Crippen molar-refractivity contribution >= 4 is 23.2 Å². The minimum Gasteiger partial charge on any atom is -0.368 e. The van der Waals surface area contributed by atoms with Crippen LogP contribution in [0.4, 0.5) is 0 Å². The van der Waals surface area contributed by atoms with Gasteiger partial charge in [0, 0.05) is 46.4 Å². The Morgan fingerprint density at radius 1 is 1.31 bits per heavy atom. The van der Waals surface area contributed by atoms with Crippen LogP contribution in [0, 0.1) is 0 Å². The maximum atomic E-state index is 12.6. The van der Waals surface area contributed by atoms with Crippen LogP contribution in [0.2, 0.25) is 0 Å². The number of amides is 1. The fourth-order valence-corrected chi connectivity index (χ4v) is 4.93. The Bertz CT molecular complexity index is 648. The van der Waals surface area contributed by atoms with E-state index < -0.39 is 0 Å². The number of rotatable bonds is 7. The van der Waals surface area contributed by atoms with E-state index in [4.69, 9.17) is 4.74 Å². The third-order valence-electron chi connectivity index (χ3n) is 5.94. The summed E-state index contributed by atoms with van der Waals surface area (Å²) in [5, 5.41) is 7.97. The fourth-order valence-electron chi connectivity index (χ4n) is 4.22. The molecule has 1 aromatic rings. The van der Waals surface area contributed by atoms with Crippen molar-refractivity contribution in [2.24, 2.45) is 4.99 Å². The van der Waals surface area contributed by atoms with Gasteiger partial charge in [-0.05, 0) is 48.3 Å². The van der Waals surface area contributed by atoms with Gasteiger partial charge in [0.15, 0.2) is 5.96 Å². The Hall–Kier alpha value is -1.64. The first-order chi connectivity index (χ1) is 14.2. The number of thiophene rings is 1. The minimum atomic E-state index is -0.223. The number of aliphatic imine (C=N–C) groups is 1. The van der Waals surface area contributed by atoms with E-state index in [-0.39, 0.29) is 12.0 Å². The van der Waals surface area contributed by atoms with Crippen molar-refractivity contribution < 1.29 is 9.53 Å². The van der Waals surface area contributed by atoms with Crippen LogP contribution in [0.15, 0.2) is 21.8 Å². The highest BCUT2D eigenvalue weighted by Crippen LogP contribution is 2.22. The topological polar surface area (TPSA) is 60.4 Å². The summed E-state index contributed by atoms with van der Waals surface area (Å²) in [7, 11) is 1.84. The second kappa shape index (κ2) is 10.9.